The van der Waals surface area contributed by atoms with Crippen LogP contribution in [0.4, 0.5) is 17.3 Å². The fourth-order valence-corrected chi connectivity index (χ4v) is 2.20. The highest BCUT2D eigenvalue weighted by atomic mass is 35.5. The van der Waals surface area contributed by atoms with Gasteiger partial charge in [-0.3, -0.25) is 10.1 Å². The van der Waals surface area contributed by atoms with E-state index in [1.165, 1.54) is 6.33 Å². The second-order valence-electron chi connectivity index (χ2n) is 5.77. The zero-order valence-corrected chi connectivity index (χ0v) is 14.4. The molecule has 0 atom stereocenters. The van der Waals surface area contributed by atoms with Crippen LogP contribution in [0.2, 0.25) is 5.02 Å². The van der Waals surface area contributed by atoms with Crippen LogP contribution in [0.25, 0.3) is 0 Å². The Labute approximate surface area is 145 Å². The highest BCUT2D eigenvalue weighted by Gasteiger charge is 2.22. The lowest BCUT2D eigenvalue weighted by Gasteiger charge is -2.11. The van der Waals surface area contributed by atoms with Gasteiger partial charge in [0, 0.05) is 18.1 Å². The highest BCUT2D eigenvalue weighted by molar-refractivity contribution is 6.30. The third-order valence-electron chi connectivity index (χ3n) is 3.39. The lowest BCUT2D eigenvalue weighted by molar-refractivity contribution is -0.383. The number of aromatic nitrogens is 2. The Morgan fingerprint density at radius 1 is 1.17 bits per heavy atom. The van der Waals surface area contributed by atoms with Gasteiger partial charge in [-0.25, -0.2) is 9.97 Å². The van der Waals surface area contributed by atoms with Crippen molar-refractivity contribution in [2.75, 3.05) is 17.2 Å². The van der Waals surface area contributed by atoms with Crippen molar-refractivity contribution >= 4 is 28.9 Å². The van der Waals surface area contributed by atoms with E-state index in [4.69, 9.17) is 11.6 Å². The van der Waals surface area contributed by atoms with Gasteiger partial charge in [0.2, 0.25) is 11.6 Å². The zero-order valence-electron chi connectivity index (χ0n) is 13.6. The molecule has 0 amide bonds. The van der Waals surface area contributed by atoms with Crippen LogP contribution in [-0.4, -0.2) is 21.4 Å². The average Bonchev–Trinajstić information content (AvgIpc) is 2.53. The predicted molar refractivity (Wildman–Crippen MR) is 95.4 cm³/mol. The summed E-state index contributed by atoms with van der Waals surface area (Å²) >= 11 is 5.85. The maximum Gasteiger partial charge on any atom is 0.353 e. The lowest BCUT2D eigenvalue weighted by Crippen LogP contribution is -2.11. The van der Waals surface area contributed by atoms with Crippen molar-refractivity contribution in [2.45, 2.75) is 26.8 Å². The first-order chi connectivity index (χ1) is 11.5. The number of rotatable bonds is 8. The fraction of sp³-hybridized carbons (Fsp3) is 0.375. The standard InChI is InChI=1S/C16H20ClN5O2/c1-11(2)7-8-18-15-14(22(23)24)16(21-10-20-15)19-9-12-3-5-13(17)6-4-12/h3-6,10-11H,7-9H2,1-2H3,(H2,18,19,20,21). The smallest absolute Gasteiger partial charge is 0.353 e. The van der Waals surface area contributed by atoms with Gasteiger partial charge in [0.1, 0.15) is 6.33 Å². The second kappa shape index (κ2) is 8.44. The van der Waals surface area contributed by atoms with E-state index in [9.17, 15) is 10.1 Å². The summed E-state index contributed by atoms with van der Waals surface area (Å²) in [4.78, 5) is 19.0. The molecule has 1 heterocycles. The van der Waals surface area contributed by atoms with Gasteiger partial charge in [-0.05, 0) is 30.0 Å². The van der Waals surface area contributed by atoms with Crippen LogP contribution in [0.3, 0.4) is 0 Å². The third kappa shape index (κ3) is 5.06. The van der Waals surface area contributed by atoms with Crippen LogP contribution < -0.4 is 10.6 Å². The quantitative estimate of drug-likeness (QED) is 0.550. The van der Waals surface area contributed by atoms with Gasteiger partial charge >= 0.3 is 5.69 Å². The largest absolute Gasteiger partial charge is 0.364 e. The normalized spacial score (nSPS) is 10.7. The van der Waals surface area contributed by atoms with Gasteiger partial charge in [-0.1, -0.05) is 37.6 Å². The molecular weight excluding hydrogens is 330 g/mol. The van der Waals surface area contributed by atoms with E-state index in [2.05, 4.69) is 34.4 Å². The van der Waals surface area contributed by atoms with E-state index in [0.717, 1.165) is 12.0 Å². The Morgan fingerprint density at radius 3 is 2.38 bits per heavy atom. The molecule has 0 aliphatic heterocycles. The molecule has 0 unspecified atom stereocenters. The monoisotopic (exact) mass is 349 g/mol. The van der Waals surface area contributed by atoms with Crippen LogP contribution >= 0.6 is 11.6 Å². The van der Waals surface area contributed by atoms with Crippen LogP contribution in [0, 0.1) is 16.0 Å². The van der Waals surface area contributed by atoms with Crippen molar-refractivity contribution in [1.29, 1.82) is 0 Å². The third-order valence-corrected chi connectivity index (χ3v) is 3.64. The number of hydrogen-bond acceptors (Lipinski definition) is 6. The molecule has 7 nitrogen and oxygen atoms in total. The molecule has 0 aliphatic carbocycles. The molecule has 8 heteroatoms. The van der Waals surface area contributed by atoms with Crippen LogP contribution in [0.15, 0.2) is 30.6 Å². The van der Waals surface area contributed by atoms with Crippen molar-refractivity contribution in [1.82, 2.24) is 9.97 Å². The Balaban J connectivity index is 2.13. The minimum Gasteiger partial charge on any atom is -0.364 e. The SMILES string of the molecule is CC(C)CCNc1ncnc(NCc2ccc(Cl)cc2)c1[N+](=O)[O-]. The van der Waals surface area contributed by atoms with Gasteiger partial charge in [0.05, 0.1) is 4.92 Å². The van der Waals surface area contributed by atoms with Crippen molar-refractivity contribution in [3.8, 4) is 0 Å². The summed E-state index contributed by atoms with van der Waals surface area (Å²) in [6, 6.07) is 7.24. The number of halogens is 1. The summed E-state index contributed by atoms with van der Waals surface area (Å²) in [6.07, 6.45) is 2.21. The Hall–Kier alpha value is -2.41. The van der Waals surface area contributed by atoms with Gasteiger partial charge < -0.3 is 10.6 Å². The molecule has 0 fully saturated rings. The molecule has 0 radical (unpaired) electrons. The number of hydrogen-bond donors (Lipinski definition) is 2. The Morgan fingerprint density at radius 2 is 1.79 bits per heavy atom. The van der Waals surface area contributed by atoms with Crippen LogP contribution in [0.1, 0.15) is 25.8 Å². The number of nitrogens with one attached hydrogen (secondary N) is 2. The van der Waals surface area contributed by atoms with E-state index in [0.29, 0.717) is 24.0 Å². The Kier molecular flexibility index (Phi) is 6.31. The molecule has 0 aliphatic rings. The fourth-order valence-electron chi connectivity index (χ4n) is 2.08. The van der Waals surface area contributed by atoms with Gasteiger partial charge in [0.15, 0.2) is 0 Å². The minimum absolute atomic E-state index is 0.143. The minimum atomic E-state index is -0.470. The molecule has 1 aromatic heterocycles. The Bertz CT molecular complexity index is 691. The van der Waals surface area contributed by atoms with E-state index < -0.39 is 4.92 Å². The topological polar surface area (TPSA) is 93.0 Å². The molecule has 2 aromatic rings. The van der Waals surface area contributed by atoms with Gasteiger partial charge in [-0.15, -0.1) is 0 Å². The van der Waals surface area contributed by atoms with Crippen LogP contribution in [-0.2, 0) is 6.54 Å². The lowest BCUT2D eigenvalue weighted by atomic mass is 10.1. The second-order valence-corrected chi connectivity index (χ2v) is 6.20. The predicted octanol–water partition coefficient (Wildman–Crippen LogP) is 4.11. The summed E-state index contributed by atoms with van der Waals surface area (Å²) in [5, 5.41) is 18.1. The first kappa shape index (κ1) is 17.9. The molecule has 2 N–H and O–H groups in total. The summed E-state index contributed by atoms with van der Waals surface area (Å²) < 4.78 is 0. The maximum absolute atomic E-state index is 11.4. The number of nitrogens with zero attached hydrogens (tertiary/aromatic N) is 3. The van der Waals surface area contributed by atoms with E-state index in [1.54, 1.807) is 12.1 Å². The first-order valence-corrected chi connectivity index (χ1v) is 8.06. The van der Waals surface area contributed by atoms with Crippen LogP contribution in [0.5, 0.6) is 0 Å². The van der Waals surface area contributed by atoms with E-state index >= 15 is 0 Å². The highest BCUT2D eigenvalue weighted by Crippen LogP contribution is 2.29. The van der Waals surface area contributed by atoms with Gasteiger partial charge in [0.25, 0.3) is 0 Å². The molecule has 128 valence electrons. The molecule has 2 rings (SSSR count). The molecule has 1 aromatic carbocycles. The van der Waals surface area contributed by atoms with E-state index in [1.807, 2.05) is 12.1 Å². The molecular formula is C16H20ClN5O2. The summed E-state index contributed by atoms with van der Waals surface area (Å²) in [5.74, 6) is 0.923. The number of nitro groups is 1. The number of anilines is 2. The summed E-state index contributed by atoms with van der Waals surface area (Å²) in [5.41, 5.74) is 0.803. The van der Waals surface area contributed by atoms with Crippen molar-refractivity contribution in [3.63, 3.8) is 0 Å². The zero-order chi connectivity index (χ0) is 17.5. The number of benzene rings is 1. The summed E-state index contributed by atoms with van der Waals surface area (Å²) in [6.45, 7) is 5.21. The molecule has 0 bridgehead atoms. The summed E-state index contributed by atoms with van der Waals surface area (Å²) in [7, 11) is 0. The molecule has 0 saturated carbocycles. The first-order valence-electron chi connectivity index (χ1n) is 7.69. The van der Waals surface area contributed by atoms with Gasteiger partial charge in [-0.2, -0.15) is 0 Å². The average molecular weight is 350 g/mol. The molecule has 0 saturated heterocycles. The van der Waals surface area contributed by atoms with E-state index in [-0.39, 0.29) is 17.3 Å². The van der Waals surface area contributed by atoms with Crippen molar-refractivity contribution in [2.24, 2.45) is 5.92 Å². The van der Waals surface area contributed by atoms with Crippen molar-refractivity contribution in [3.05, 3.63) is 51.3 Å². The molecule has 24 heavy (non-hydrogen) atoms. The molecule has 0 spiro atoms. The maximum atomic E-state index is 11.4. The van der Waals surface area contributed by atoms with Crippen molar-refractivity contribution < 1.29 is 4.92 Å².